The Morgan fingerprint density at radius 3 is 2.03 bits per heavy atom. The van der Waals surface area contributed by atoms with Gasteiger partial charge in [0.05, 0.1) is 10.5 Å². The number of carbonyl (C=O) groups is 1. The average molecular weight is 422 g/mol. The summed E-state index contributed by atoms with van der Waals surface area (Å²) >= 11 is 0. The van der Waals surface area contributed by atoms with Crippen LogP contribution >= 0.6 is 0 Å². The third-order valence-corrected chi connectivity index (χ3v) is 7.14. The molecule has 1 aliphatic rings. The third kappa shape index (κ3) is 4.45. The third-order valence-electron chi connectivity index (χ3n) is 5.22. The highest BCUT2D eigenvalue weighted by molar-refractivity contribution is 7.89. The quantitative estimate of drug-likeness (QED) is 0.550. The van der Waals surface area contributed by atoms with Crippen LogP contribution in [0.1, 0.15) is 28.8 Å². The predicted octanol–water partition coefficient (Wildman–Crippen LogP) is 4.50. The molecule has 3 aromatic rings. The molecule has 0 aliphatic carbocycles. The molecule has 0 amide bonds. The number of benzene rings is 3. The van der Waals surface area contributed by atoms with Gasteiger partial charge < -0.3 is 4.74 Å². The Kier molecular flexibility index (Phi) is 5.97. The normalized spacial score (nSPS) is 14.5. The lowest BCUT2D eigenvalue weighted by atomic mass is 10.0. The monoisotopic (exact) mass is 421 g/mol. The summed E-state index contributed by atoms with van der Waals surface area (Å²) in [5.41, 5.74) is 3.44. The minimum absolute atomic E-state index is 0.154. The Bertz CT molecular complexity index is 1100. The van der Waals surface area contributed by atoms with Gasteiger partial charge in [0, 0.05) is 13.1 Å². The summed E-state index contributed by atoms with van der Waals surface area (Å²) in [6.45, 7) is 1.26. The molecule has 0 N–H and O–H groups in total. The number of rotatable bonds is 6. The molecule has 4 rings (SSSR count). The van der Waals surface area contributed by atoms with E-state index in [1.807, 2.05) is 54.6 Å². The summed E-state index contributed by atoms with van der Waals surface area (Å²) in [7, 11) is -3.48. The zero-order valence-corrected chi connectivity index (χ0v) is 17.3. The molecular formula is C24H23NO4S. The molecule has 0 atom stereocenters. The number of esters is 1. The first-order valence-electron chi connectivity index (χ1n) is 9.96. The molecule has 5 nitrogen and oxygen atoms in total. The topological polar surface area (TPSA) is 63.7 Å². The molecule has 0 aromatic heterocycles. The first kappa shape index (κ1) is 20.3. The maximum atomic E-state index is 12.6. The van der Waals surface area contributed by atoms with E-state index in [0.29, 0.717) is 18.7 Å². The van der Waals surface area contributed by atoms with Gasteiger partial charge in [-0.1, -0.05) is 54.6 Å². The van der Waals surface area contributed by atoms with Crippen molar-refractivity contribution in [1.82, 2.24) is 4.31 Å². The summed E-state index contributed by atoms with van der Waals surface area (Å²) < 4.78 is 32.0. The van der Waals surface area contributed by atoms with Crippen LogP contribution < -0.4 is 0 Å². The maximum absolute atomic E-state index is 12.6. The molecule has 0 spiro atoms. The average Bonchev–Trinajstić information content (AvgIpc) is 3.34. The summed E-state index contributed by atoms with van der Waals surface area (Å²) in [6, 6.07) is 23.9. The largest absolute Gasteiger partial charge is 0.457 e. The highest BCUT2D eigenvalue weighted by Gasteiger charge is 2.27. The second kappa shape index (κ2) is 8.81. The fraction of sp³-hybridized carbons (Fsp3) is 0.208. The van der Waals surface area contributed by atoms with E-state index < -0.39 is 16.0 Å². The molecule has 1 fully saturated rings. The van der Waals surface area contributed by atoms with E-state index in [9.17, 15) is 13.2 Å². The van der Waals surface area contributed by atoms with Crippen LogP contribution in [0.2, 0.25) is 0 Å². The van der Waals surface area contributed by atoms with Crippen molar-refractivity contribution in [2.75, 3.05) is 13.1 Å². The zero-order chi connectivity index (χ0) is 21.0. The first-order valence-corrected chi connectivity index (χ1v) is 11.4. The van der Waals surface area contributed by atoms with Gasteiger partial charge in [0.1, 0.15) is 6.61 Å². The van der Waals surface area contributed by atoms with Crippen molar-refractivity contribution in [3.63, 3.8) is 0 Å². The minimum atomic E-state index is -3.48. The summed E-state index contributed by atoms with van der Waals surface area (Å²) in [4.78, 5) is 12.5. The molecule has 0 bridgehead atoms. The van der Waals surface area contributed by atoms with Crippen LogP contribution in [0, 0.1) is 0 Å². The number of sulfonamides is 1. The molecule has 0 unspecified atom stereocenters. The van der Waals surface area contributed by atoms with Crippen molar-refractivity contribution >= 4 is 16.0 Å². The molecule has 0 saturated carbocycles. The van der Waals surface area contributed by atoms with Crippen LogP contribution in [0.4, 0.5) is 0 Å². The van der Waals surface area contributed by atoms with E-state index in [4.69, 9.17) is 4.74 Å². The molecule has 1 aliphatic heterocycles. The van der Waals surface area contributed by atoms with Crippen LogP contribution in [-0.2, 0) is 21.4 Å². The zero-order valence-electron chi connectivity index (χ0n) is 16.5. The fourth-order valence-electron chi connectivity index (χ4n) is 3.50. The lowest BCUT2D eigenvalue weighted by Crippen LogP contribution is -2.27. The van der Waals surface area contributed by atoms with Gasteiger partial charge in [-0.3, -0.25) is 0 Å². The van der Waals surface area contributed by atoms with E-state index in [2.05, 4.69) is 0 Å². The van der Waals surface area contributed by atoms with E-state index >= 15 is 0 Å². The maximum Gasteiger partial charge on any atom is 0.338 e. The molecule has 154 valence electrons. The molecule has 1 saturated heterocycles. The number of hydrogen-bond donors (Lipinski definition) is 0. The molecule has 30 heavy (non-hydrogen) atoms. The van der Waals surface area contributed by atoms with E-state index in [-0.39, 0.29) is 11.5 Å². The van der Waals surface area contributed by atoms with Gasteiger partial charge in [0.15, 0.2) is 0 Å². The first-order chi connectivity index (χ1) is 14.5. The second-order valence-electron chi connectivity index (χ2n) is 7.27. The lowest BCUT2D eigenvalue weighted by molar-refractivity contribution is 0.0472. The Morgan fingerprint density at radius 1 is 0.800 bits per heavy atom. The fourth-order valence-corrected chi connectivity index (χ4v) is 5.01. The van der Waals surface area contributed by atoms with Crippen molar-refractivity contribution in [2.24, 2.45) is 0 Å². The van der Waals surface area contributed by atoms with Crippen LogP contribution in [-0.4, -0.2) is 31.8 Å². The van der Waals surface area contributed by atoms with Gasteiger partial charge in [-0.05, 0) is 53.8 Å². The number of nitrogens with zero attached hydrogens (tertiary/aromatic N) is 1. The summed E-state index contributed by atoms with van der Waals surface area (Å²) in [5.74, 6) is -0.479. The second-order valence-corrected chi connectivity index (χ2v) is 9.21. The predicted molar refractivity (Wildman–Crippen MR) is 115 cm³/mol. The Labute approximate surface area is 177 Å². The SMILES string of the molecule is O=C(OCc1ccc(-c2ccccc2)cc1)c1ccc(S(=O)(=O)N2CCCC2)cc1. The van der Waals surface area contributed by atoms with Crippen molar-refractivity contribution < 1.29 is 17.9 Å². The van der Waals surface area contributed by atoms with Crippen LogP contribution in [0.15, 0.2) is 83.8 Å². The highest BCUT2D eigenvalue weighted by atomic mass is 32.2. The van der Waals surface area contributed by atoms with E-state index in [1.165, 1.54) is 28.6 Å². The van der Waals surface area contributed by atoms with E-state index in [0.717, 1.165) is 29.5 Å². The van der Waals surface area contributed by atoms with Crippen LogP contribution in [0.5, 0.6) is 0 Å². The van der Waals surface area contributed by atoms with Crippen molar-refractivity contribution in [1.29, 1.82) is 0 Å². The standard InChI is InChI=1S/C24H23NO4S/c26-24(22-12-14-23(15-13-22)30(27,28)25-16-4-5-17-25)29-18-19-8-10-21(11-9-19)20-6-2-1-3-7-20/h1-3,6-15H,4-5,16-18H2. The Morgan fingerprint density at radius 2 is 1.40 bits per heavy atom. The minimum Gasteiger partial charge on any atom is -0.457 e. The Balaban J connectivity index is 1.37. The molecule has 0 radical (unpaired) electrons. The Hall–Kier alpha value is -2.96. The van der Waals surface area contributed by atoms with Crippen LogP contribution in [0.25, 0.3) is 11.1 Å². The summed E-state index contributed by atoms with van der Waals surface area (Å²) in [6.07, 6.45) is 1.77. The van der Waals surface area contributed by atoms with Gasteiger partial charge in [0.2, 0.25) is 10.0 Å². The van der Waals surface area contributed by atoms with Crippen molar-refractivity contribution in [3.05, 3.63) is 90.0 Å². The van der Waals surface area contributed by atoms with E-state index in [1.54, 1.807) is 0 Å². The molecule has 6 heteroatoms. The van der Waals surface area contributed by atoms with Crippen LogP contribution in [0.3, 0.4) is 0 Å². The van der Waals surface area contributed by atoms with Gasteiger partial charge in [-0.2, -0.15) is 4.31 Å². The van der Waals surface area contributed by atoms with Gasteiger partial charge in [-0.25, -0.2) is 13.2 Å². The number of hydrogen-bond acceptors (Lipinski definition) is 4. The number of carbonyl (C=O) groups excluding carboxylic acids is 1. The molecule has 3 aromatic carbocycles. The van der Waals surface area contributed by atoms with Crippen molar-refractivity contribution in [3.8, 4) is 11.1 Å². The molecular weight excluding hydrogens is 398 g/mol. The van der Waals surface area contributed by atoms with Gasteiger partial charge >= 0.3 is 5.97 Å². The van der Waals surface area contributed by atoms with Gasteiger partial charge in [-0.15, -0.1) is 0 Å². The number of ether oxygens (including phenoxy) is 1. The lowest BCUT2D eigenvalue weighted by Gasteiger charge is -2.15. The smallest absolute Gasteiger partial charge is 0.338 e. The summed E-state index contributed by atoms with van der Waals surface area (Å²) in [5, 5.41) is 0. The highest BCUT2D eigenvalue weighted by Crippen LogP contribution is 2.22. The van der Waals surface area contributed by atoms with Gasteiger partial charge in [0.25, 0.3) is 0 Å². The molecule has 1 heterocycles. The van der Waals surface area contributed by atoms with Crippen molar-refractivity contribution in [2.45, 2.75) is 24.3 Å².